The molecule has 0 saturated carbocycles. The number of carbonyl (C=O) groups is 1. The number of carbonyl (C=O) groups excluding carboxylic acids is 1. The number of alkyl halides is 6. The van der Waals surface area contributed by atoms with Crippen LogP contribution in [-0.4, -0.2) is 25.7 Å². The molecular weight excluding hydrogens is 514 g/mol. The molecule has 0 bridgehead atoms. The molecule has 0 unspecified atom stereocenters. The third-order valence-corrected chi connectivity index (χ3v) is 5.27. The van der Waals surface area contributed by atoms with Gasteiger partial charge in [0.05, 0.1) is 22.3 Å². The Kier molecular flexibility index (Phi) is 6.74. The molecule has 0 spiro atoms. The van der Waals surface area contributed by atoms with Crippen molar-refractivity contribution in [2.45, 2.75) is 12.4 Å². The maximum absolute atomic E-state index is 13.1. The summed E-state index contributed by atoms with van der Waals surface area (Å²) in [6.07, 6.45) is -5.48. The van der Waals surface area contributed by atoms with Crippen LogP contribution in [0.2, 0.25) is 0 Å². The Labute approximate surface area is 210 Å². The quantitative estimate of drug-likeness (QED) is 0.276. The number of nitriles is 1. The van der Waals surface area contributed by atoms with Crippen LogP contribution >= 0.6 is 0 Å². The number of amides is 1. The van der Waals surface area contributed by atoms with E-state index in [1.807, 2.05) is 6.07 Å². The number of aromatic nitrogens is 4. The summed E-state index contributed by atoms with van der Waals surface area (Å²) >= 11 is 0. The maximum Gasteiger partial charge on any atom is 0.416 e. The van der Waals surface area contributed by atoms with Crippen LogP contribution < -0.4 is 5.73 Å². The fraction of sp³-hybridized carbons (Fsp3) is 0.0800. The largest absolute Gasteiger partial charge is 0.416 e. The first-order valence-electron chi connectivity index (χ1n) is 10.6. The molecule has 2 aromatic carbocycles. The van der Waals surface area contributed by atoms with Gasteiger partial charge in [-0.3, -0.25) is 9.78 Å². The summed E-state index contributed by atoms with van der Waals surface area (Å²) in [6.45, 7) is 0. The predicted octanol–water partition coefficient (Wildman–Crippen LogP) is 5.40. The number of primary amides is 1. The van der Waals surface area contributed by atoms with Gasteiger partial charge in [-0.1, -0.05) is 24.3 Å². The van der Waals surface area contributed by atoms with Crippen molar-refractivity contribution >= 4 is 17.7 Å². The van der Waals surface area contributed by atoms with Crippen LogP contribution in [0.4, 0.5) is 26.3 Å². The molecular formula is C25H14F6N6O. The number of nitrogens with two attached hydrogens (primary N) is 1. The van der Waals surface area contributed by atoms with Gasteiger partial charge in [0.2, 0.25) is 0 Å². The average molecular weight is 528 g/mol. The van der Waals surface area contributed by atoms with Crippen molar-refractivity contribution in [1.29, 1.82) is 5.26 Å². The van der Waals surface area contributed by atoms with E-state index in [0.717, 1.165) is 59.4 Å². The van der Waals surface area contributed by atoms with E-state index in [4.69, 9.17) is 11.0 Å². The Morgan fingerprint density at radius 3 is 1.95 bits per heavy atom. The van der Waals surface area contributed by atoms with Gasteiger partial charge in [0, 0.05) is 35.3 Å². The Morgan fingerprint density at radius 1 is 0.895 bits per heavy atom. The molecule has 0 aliphatic rings. The van der Waals surface area contributed by atoms with E-state index in [1.54, 1.807) is 0 Å². The van der Waals surface area contributed by atoms with Gasteiger partial charge >= 0.3 is 12.4 Å². The first-order chi connectivity index (χ1) is 17.9. The SMILES string of the molecule is N#Cc1cncc(C(=Cn2nc(-c3ccc(C(F)(F)F)cc3)nc2-c2ccc(C(F)(F)F)cc2)C(N)=O)c1. The predicted molar refractivity (Wildman–Crippen MR) is 123 cm³/mol. The van der Waals surface area contributed by atoms with Gasteiger partial charge < -0.3 is 5.73 Å². The Hall–Kier alpha value is -4.99. The van der Waals surface area contributed by atoms with Crippen molar-refractivity contribution in [2.75, 3.05) is 0 Å². The molecule has 0 atom stereocenters. The van der Waals surface area contributed by atoms with Crippen molar-refractivity contribution in [1.82, 2.24) is 19.7 Å². The van der Waals surface area contributed by atoms with Crippen LogP contribution in [0.3, 0.4) is 0 Å². The summed E-state index contributed by atoms with van der Waals surface area (Å²) < 4.78 is 79.1. The highest BCUT2D eigenvalue weighted by molar-refractivity contribution is 6.22. The molecule has 192 valence electrons. The lowest BCUT2D eigenvalue weighted by atomic mass is 10.1. The van der Waals surface area contributed by atoms with Crippen LogP contribution in [0.5, 0.6) is 0 Å². The second-order valence-corrected chi connectivity index (χ2v) is 7.83. The third-order valence-electron chi connectivity index (χ3n) is 5.27. The molecule has 0 fully saturated rings. The number of halogens is 6. The Balaban J connectivity index is 1.88. The molecule has 38 heavy (non-hydrogen) atoms. The van der Waals surface area contributed by atoms with E-state index in [2.05, 4.69) is 15.1 Å². The lowest BCUT2D eigenvalue weighted by Crippen LogP contribution is -2.14. The Bertz CT molecular complexity index is 1560. The monoisotopic (exact) mass is 528 g/mol. The first-order valence-corrected chi connectivity index (χ1v) is 10.6. The first kappa shape index (κ1) is 26.1. The van der Waals surface area contributed by atoms with Gasteiger partial charge in [-0.15, -0.1) is 5.10 Å². The van der Waals surface area contributed by atoms with E-state index in [0.29, 0.717) is 0 Å². The number of hydrogen-bond acceptors (Lipinski definition) is 5. The van der Waals surface area contributed by atoms with Gasteiger partial charge in [-0.2, -0.15) is 31.6 Å². The summed E-state index contributed by atoms with van der Waals surface area (Å²) in [7, 11) is 0. The highest BCUT2D eigenvalue weighted by atomic mass is 19.4. The van der Waals surface area contributed by atoms with Crippen molar-refractivity contribution in [3.8, 4) is 28.8 Å². The molecule has 13 heteroatoms. The number of pyridine rings is 1. The minimum absolute atomic E-state index is 0.0308. The summed E-state index contributed by atoms with van der Waals surface area (Å²) in [5, 5.41) is 13.4. The van der Waals surface area contributed by atoms with E-state index in [-0.39, 0.29) is 39.5 Å². The normalized spacial score (nSPS) is 12.3. The zero-order valence-electron chi connectivity index (χ0n) is 18.9. The lowest BCUT2D eigenvalue weighted by molar-refractivity contribution is -0.138. The topological polar surface area (TPSA) is 110 Å². The lowest BCUT2D eigenvalue weighted by Gasteiger charge is -2.08. The maximum atomic E-state index is 13.1. The van der Waals surface area contributed by atoms with Gasteiger partial charge in [-0.05, 0) is 30.3 Å². The van der Waals surface area contributed by atoms with Crippen LogP contribution in [-0.2, 0) is 17.1 Å². The van der Waals surface area contributed by atoms with E-state index in [1.165, 1.54) is 18.5 Å². The average Bonchev–Trinajstić information content (AvgIpc) is 3.30. The van der Waals surface area contributed by atoms with Crippen LogP contribution in [0.15, 0.2) is 67.0 Å². The minimum atomic E-state index is -4.59. The molecule has 7 nitrogen and oxygen atoms in total. The second kappa shape index (κ2) is 9.81. The molecule has 4 aromatic rings. The standard InChI is InChI=1S/C25H14F6N6O/c26-24(27,28)18-5-1-15(2-6-18)22-35-23(16-3-7-19(8-4-16)25(29,30)31)37(36-22)13-20(21(33)38)17-9-14(10-32)11-34-12-17/h1-9,11-13H,(H2,33,38). The fourth-order valence-corrected chi connectivity index (χ4v) is 3.40. The Morgan fingerprint density at radius 2 is 1.45 bits per heavy atom. The molecule has 0 radical (unpaired) electrons. The smallest absolute Gasteiger partial charge is 0.366 e. The third kappa shape index (κ3) is 5.54. The molecule has 2 aromatic heterocycles. The zero-order chi connectivity index (χ0) is 27.7. The van der Waals surface area contributed by atoms with E-state index >= 15 is 0 Å². The molecule has 2 N–H and O–H groups in total. The number of rotatable bonds is 5. The molecule has 1 amide bonds. The number of benzene rings is 2. The van der Waals surface area contributed by atoms with Gasteiger partial charge in [0.25, 0.3) is 5.91 Å². The van der Waals surface area contributed by atoms with Crippen molar-refractivity contribution in [3.63, 3.8) is 0 Å². The highest BCUT2D eigenvalue weighted by Gasteiger charge is 2.31. The molecule has 4 rings (SSSR count). The van der Waals surface area contributed by atoms with Gasteiger partial charge in [-0.25, -0.2) is 9.67 Å². The summed E-state index contributed by atoms with van der Waals surface area (Å²) in [5.74, 6) is -1.04. The summed E-state index contributed by atoms with van der Waals surface area (Å²) in [5.41, 5.74) is 4.17. The van der Waals surface area contributed by atoms with Gasteiger partial charge in [0.1, 0.15) is 6.07 Å². The second-order valence-electron chi connectivity index (χ2n) is 7.83. The molecule has 0 aliphatic carbocycles. The van der Waals surface area contributed by atoms with Crippen LogP contribution in [0.25, 0.3) is 34.5 Å². The number of nitrogens with zero attached hydrogens (tertiary/aromatic N) is 5. The minimum Gasteiger partial charge on any atom is -0.366 e. The van der Waals surface area contributed by atoms with Crippen molar-refractivity contribution < 1.29 is 31.1 Å². The van der Waals surface area contributed by atoms with Gasteiger partial charge in [0.15, 0.2) is 11.6 Å². The van der Waals surface area contributed by atoms with Crippen molar-refractivity contribution in [2.24, 2.45) is 5.73 Å². The molecule has 2 heterocycles. The van der Waals surface area contributed by atoms with Crippen LogP contribution in [0, 0.1) is 11.3 Å². The van der Waals surface area contributed by atoms with E-state index in [9.17, 15) is 31.1 Å². The van der Waals surface area contributed by atoms with Crippen molar-refractivity contribution in [3.05, 3.63) is 89.2 Å². The highest BCUT2D eigenvalue weighted by Crippen LogP contribution is 2.33. The summed E-state index contributed by atoms with van der Waals surface area (Å²) in [4.78, 5) is 20.4. The number of hydrogen-bond donors (Lipinski definition) is 1. The van der Waals surface area contributed by atoms with Crippen LogP contribution in [0.1, 0.15) is 22.3 Å². The molecule has 0 saturated heterocycles. The zero-order valence-corrected chi connectivity index (χ0v) is 18.9. The van der Waals surface area contributed by atoms with E-state index < -0.39 is 29.4 Å². The molecule has 0 aliphatic heterocycles. The summed E-state index contributed by atoms with van der Waals surface area (Å²) in [6, 6.07) is 11.1. The fourth-order valence-electron chi connectivity index (χ4n) is 3.40.